The number of carbonyl (C=O) groups excluding carboxylic acids is 2. The van der Waals surface area contributed by atoms with E-state index < -0.39 is 32.5 Å². The predicted molar refractivity (Wildman–Crippen MR) is 234 cm³/mol. The highest BCUT2D eigenvalue weighted by atomic mass is 31.2. The van der Waals surface area contributed by atoms with Crippen LogP contribution in [0.1, 0.15) is 194 Å². The van der Waals surface area contributed by atoms with E-state index in [1.54, 1.807) is 0 Å². The first-order chi connectivity index (χ1) is 27.3. The summed E-state index contributed by atoms with van der Waals surface area (Å²) in [7, 11) is -4.78. The van der Waals surface area contributed by atoms with Gasteiger partial charge in [0.05, 0.1) is 6.61 Å². The highest BCUT2D eigenvalue weighted by molar-refractivity contribution is 7.46. The molecule has 0 aliphatic rings. The number of allylic oxidation sites excluding steroid dienone is 12. The minimum absolute atomic E-state index is 0.0852. The van der Waals surface area contributed by atoms with Gasteiger partial charge >= 0.3 is 19.8 Å². The Morgan fingerprint density at radius 3 is 1.25 bits per heavy atom. The molecule has 0 saturated heterocycles. The van der Waals surface area contributed by atoms with E-state index in [1.165, 1.54) is 103 Å². The van der Waals surface area contributed by atoms with E-state index in [-0.39, 0.29) is 19.4 Å². The Balaban J connectivity index is 4.00. The molecule has 0 aromatic heterocycles. The van der Waals surface area contributed by atoms with Crippen LogP contribution in [0.2, 0.25) is 0 Å². The number of phosphoric ester groups is 1. The third kappa shape index (κ3) is 44.2. The molecule has 56 heavy (non-hydrogen) atoms. The SMILES string of the molecule is CC/C=C\C/C=C\C/C=C\C/C=C\C/C=C\C/C=C\CCC(=O)O[C@H](COC(=O)CCCCCCCCCCCCCCCCCCCCC)COP(=O)(O)O. The van der Waals surface area contributed by atoms with Crippen LogP contribution < -0.4 is 0 Å². The Morgan fingerprint density at radius 1 is 0.482 bits per heavy atom. The molecule has 0 rings (SSSR count). The van der Waals surface area contributed by atoms with Gasteiger partial charge in [-0.3, -0.25) is 14.1 Å². The molecule has 0 aliphatic heterocycles. The zero-order valence-electron chi connectivity index (χ0n) is 35.5. The van der Waals surface area contributed by atoms with Crippen LogP contribution in [0.4, 0.5) is 0 Å². The fourth-order valence-corrected chi connectivity index (χ4v) is 6.35. The standard InChI is InChI=1S/C47H81O8P/c1-3-5-7-9-11-13-15-17-19-21-23-25-27-29-31-33-35-37-39-41-46(48)53-43-45(44-54-56(50,51)52)55-47(49)42-40-38-36-34-32-30-28-26-24-22-20-18-16-14-12-10-8-6-4-2/h6,8,12,14,18,20,24,26,30,32,36,38,45H,3-5,7,9-11,13,15-17,19,21-23,25,27-29,31,33-35,37,39-44H2,1-2H3,(H2,50,51,52)/b8-6-,14-12-,20-18-,26-24-,32-30-,38-36-/t45-/m1/s1. The minimum atomic E-state index is -4.78. The Hall–Kier alpha value is -2.51. The van der Waals surface area contributed by atoms with Crippen LogP contribution in [-0.4, -0.2) is 41.0 Å². The molecular formula is C47H81O8P. The molecule has 322 valence electrons. The Bertz CT molecular complexity index is 1130. The summed E-state index contributed by atoms with van der Waals surface area (Å²) in [6.45, 7) is 3.52. The summed E-state index contributed by atoms with van der Waals surface area (Å²) >= 11 is 0. The Kier molecular flexibility index (Phi) is 40.2. The molecule has 0 aliphatic carbocycles. The van der Waals surface area contributed by atoms with Crippen molar-refractivity contribution in [2.75, 3.05) is 13.2 Å². The van der Waals surface area contributed by atoms with E-state index in [0.717, 1.165) is 51.4 Å². The molecule has 0 radical (unpaired) electrons. The van der Waals surface area contributed by atoms with Gasteiger partial charge in [0.1, 0.15) is 6.61 Å². The van der Waals surface area contributed by atoms with E-state index in [1.807, 2.05) is 12.2 Å². The molecule has 1 atom stereocenters. The van der Waals surface area contributed by atoms with Gasteiger partial charge < -0.3 is 19.3 Å². The summed E-state index contributed by atoms with van der Waals surface area (Å²) in [6.07, 6.45) is 55.0. The van der Waals surface area contributed by atoms with Crippen molar-refractivity contribution >= 4 is 19.8 Å². The smallest absolute Gasteiger partial charge is 0.462 e. The van der Waals surface area contributed by atoms with Gasteiger partial charge in [-0.25, -0.2) is 4.57 Å². The number of rotatable bonds is 40. The highest BCUT2D eigenvalue weighted by Gasteiger charge is 2.22. The molecule has 8 nitrogen and oxygen atoms in total. The van der Waals surface area contributed by atoms with E-state index >= 15 is 0 Å². The van der Waals surface area contributed by atoms with E-state index in [9.17, 15) is 14.2 Å². The third-order valence-corrected chi connectivity index (χ3v) is 9.74. The maximum Gasteiger partial charge on any atom is 0.469 e. The Morgan fingerprint density at radius 2 is 0.857 bits per heavy atom. The lowest BCUT2D eigenvalue weighted by molar-refractivity contribution is -0.161. The molecule has 0 heterocycles. The number of phosphoric acid groups is 1. The minimum Gasteiger partial charge on any atom is -0.462 e. The first-order valence-electron chi connectivity index (χ1n) is 22.2. The van der Waals surface area contributed by atoms with Crippen molar-refractivity contribution < 1.29 is 37.9 Å². The van der Waals surface area contributed by atoms with E-state index in [2.05, 4.69) is 79.1 Å². The van der Waals surface area contributed by atoms with Crippen molar-refractivity contribution in [3.63, 3.8) is 0 Å². The molecule has 0 bridgehead atoms. The number of unbranched alkanes of at least 4 members (excludes halogenated alkanes) is 18. The van der Waals surface area contributed by atoms with Crippen LogP contribution in [0.25, 0.3) is 0 Å². The first-order valence-corrected chi connectivity index (χ1v) is 23.8. The summed E-state index contributed by atoms with van der Waals surface area (Å²) in [5.74, 6) is -0.981. The monoisotopic (exact) mass is 805 g/mol. The summed E-state index contributed by atoms with van der Waals surface area (Å²) in [5, 5.41) is 0. The molecule has 2 N–H and O–H groups in total. The number of hydrogen-bond donors (Lipinski definition) is 2. The van der Waals surface area contributed by atoms with Gasteiger partial charge in [0.15, 0.2) is 6.10 Å². The lowest BCUT2D eigenvalue weighted by Gasteiger charge is -2.18. The Labute approximate surface area is 342 Å². The molecule has 0 aromatic carbocycles. The third-order valence-electron chi connectivity index (χ3n) is 9.25. The summed E-state index contributed by atoms with van der Waals surface area (Å²) < 4.78 is 26.4. The van der Waals surface area contributed by atoms with E-state index in [4.69, 9.17) is 19.3 Å². The zero-order valence-corrected chi connectivity index (χ0v) is 36.4. The summed E-state index contributed by atoms with van der Waals surface area (Å²) in [6, 6.07) is 0. The molecule has 0 fully saturated rings. The van der Waals surface area contributed by atoms with Crippen LogP contribution >= 0.6 is 7.82 Å². The van der Waals surface area contributed by atoms with Gasteiger partial charge in [-0.1, -0.05) is 202 Å². The van der Waals surface area contributed by atoms with Gasteiger partial charge in [0, 0.05) is 12.8 Å². The first kappa shape index (κ1) is 53.5. The normalized spacial score (nSPS) is 13.1. The van der Waals surface area contributed by atoms with Crippen LogP contribution in [0.5, 0.6) is 0 Å². The van der Waals surface area contributed by atoms with Gasteiger partial charge in [-0.15, -0.1) is 0 Å². The molecule has 0 unspecified atom stereocenters. The number of hydrogen-bond acceptors (Lipinski definition) is 6. The second kappa shape index (κ2) is 42.1. The van der Waals surface area contributed by atoms with Gasteiger partial charge in [-0.2, -0.15) is 0 Å². The van der Waals surface area contributed by atoms with Crippen LogP contribution in [0, 0.1) is 0 Å². The van der Waals surface area contributed by atoms with Gasteiger partial charge in [0.25, 0.3) is 0 Å². The molecule has 0 saturated carbocycles. The van der Waals surface area contributed by atoms with E-state index in [0.29, 0.717) is 12.8 Å². The molecule has 0 spiro atoms. The van der Waals surface area contributed by atoms with Crippen molar-refractivity contribution in [2.45, 2.75) is 200 Å². The molecule has 0 aromatic rings. The lowest BCUT2D eigenvalue weighted by Crippen LogP contribution is -2.29. The van der Waals surface area contributed by atoms with Crippen LogP contribution in [0.3, 0.4) is 0 Å². The topological polar surface area (TPSA) is 119 Å². The van der Waals surface area contributed by atoms with Crippen LogP contribution in [0.15, 0.2) is 72.9 Å². The van der Waals surface area contributed by atoms with Crippen molar-refractivity contribution in [3.05, 3.63) is 72.9 Å². The number of carbonyl (C=O) groups is 2. The predicted octanol–water partition coefficient (Wildman–Crippen LogP) is 13.9. The van der Waals surface area contributed by atoms with Crippen LogP contribution in [-0.2, 0) is 28.2 Å². The molecular weight excluding hydrogens is 723 g/mol. The molecule has 9 heteroatoms. The number of ether oxygens (including phenoxy) is 2. The molecule has 0 amide bonds. The van der Waals surface area contributed by atoms with Gasteiger partial charge in [0.2, 0.25) is 0 Å². The maximum absolute atomic E-state index is 12.4. The second-order valence-corrected chi connectivity index (χ2v) is 15.9. The second-order valence-electron chi connectivity index (χ2n) is 14.6. The largest absolute Gasteiger partial charge is 0.469 e. The average Bonchev–Trinajstić information content (AvgIpc) is 3.17. The fraction of sp³-hybridized carbons (Fsp3) is 0.702. The lowest BCUT2D eigenvalue weighted by atomic mass is 10.0. The fourth-order valence-electron chi connectivity index (χ4n) is 5.99. The highest BCUT2D eigenvalue weighted by Crippen LogP contribution is 2.36. The average molecular weight is 805 g/mol. The summed E-state index contributed by atoms with van der Waals surface area (Å²) in [4.78, 5) is 42.9. The quantitative estimate of drug-likeness (QED) is 0.0272. The van der Waals surface area contributed by atoms with Crippen molar-refractivity contribution in [1.29, 1.82) is 0 Å². The van der Waals surface area contributed by atoms with Crippen molar-refractivity contribution in [1.82, 2.24) is 0 Å². The van der Waals surface area contributed by atoms with Crippen molar-refractivity contribution in [3.8, 4) is 0 Å². The van der Waals surface area contributed by atoms with Gasteiger partial charge in [-0.05, 0) is 51.4 Å². The number of esters is 2. The zero-order chi connectivity index (χ0) is 41.1. The maximum atomic E-state index is 12.4. The van der Waals surface area contributed by atoms with Crippen molar-refractivity contribution in [2.24, 2.45) is 0 Å². The summed E-state index contributed by atoms with van der Waals surface area (Å²) in [5.41, 5.74) is 0.